The molecule has 0 spiro atoms. The maximum absolute atomic E-state index is 12.0. The Morgan fingerprint density at radius 2 is 1.95 bits per heavy atom. The fourth-order valence-corrected chi connectivity index (χ4v) is 3.42. The summed E-state index contributed by atoms with van der Waals surface area (Å²) in [5.74, 6) is 0.0987. The number of anilines is 2. The van der Waals surface area contributed by atoms with Gasteiger partial charge in [-0.15, -0.1) is 0 Å². The van der Waals surface area contributed by atoms with E-state index in [-0.39, 0.29) is 5.78 Å². The molecule has 2 aromatic rings. The number of para-hydroxylation sites is 1. The molecule has 2 aromatic carbocycles. The van der Waals surface area contributed by atoms with Crippen LogP contribution in [-0.4, -0.2) is 11.8 Å². The Labute approximate surface area is 133 Å². The first-order valence-corrected chi connectivity index (χ1v) is 8.05. The number of fused-ring (bicyclic) bond motifs is 1. The lowest BCUT2D eigenvalue weighted by molar-refractivity contribution is 0.101. The maximum Gasteiger partial charge on any atom is 0.161 e. The van der Waals surface area contributed by atoms with E-state index in [1.54, 1.807) is 6.92 Å². The number of carbonyl (C=O) groups excluding carboxylic acids is 1. The molecule has 3 heteroatoms. The summed E-state index contributed by atoms with van der Waals surface area (Å²) in [6, 6.07) is 14.8. The molecule has 1 unspecified atom stereocenters. The van der Waals surface area contributed by atoms with Crippen molar-refractivity contribution < 1.29 is 4.79 Å². The summed E-state index contributed by atoms with van der Waals surface area (Å²) in [5.41, 5.74) is 4.35. The molecule has 108 valence electrons. The molecule has 3 rings (SSSR count). The number of nitrogens with zero attached hydrogens (tertiary/aromatic N) is 1. The molecular weight excluding hydrogens is 326 g/mol. The monoisotopic (exact) mass is 343 g/mol. The quantitative estimate of drug-likeness (QED) is 0.705. The van der Waals surface area contributed by atoms with Crippen molar-refractivity contribution in [2.75, 3.05) is 4.90 Å². The molecule has 1 aliphatic heterocycles. The van der Waals surface area contributed by atoms with Crippen molar-refractivity contribution >= 4 is 33.1 Å². The maximum atomic E-state index is 12.0. The highest BCUT2D eigenvalue weighted by Crippen LogP contribution is 2.39. The van der Waals surface area contributed by atoms with Crippen LogP contribution in [0.4, 0.5) is 11.4 Å². The van der Waals surface area contributed by atoms with Crippen molar-refractivity contribution in [2.24, 2.45) is 0 Å². The lowest BCUT2D eigenvalue weighted by atomic mass is 9.94. The first-order chi connectivity index (χ1) is 10.1. The Morgan fingerprint density at radius 3 is 2.71 bits per heavy atom. The molecule has 1 atom stereocenters. The van der Waals surface area contributed by atoms with Crippen LogP contribution in [0.25, 0.3) is 0 Å². The smallest absolute Gasteiger partial charge is 0.161 e. The second kappa shape index (κ2) is 5.64. The van der Waals surface area contributed by atoms with Gasteiger partial charge in [0.05, 0.1) is 5.69 Å². The summed E-state index contributed by atoms with van der Waals surface area (Å²) in [7, 11) is 0. The molecule has 1 aliphatic rings. The van der Waals surface area contributed by atoms with E-state index in [1.165, 1.54) is 11.3 Å². The molecule has 1 heterocycles. The number of Topliss-reactive ketones (excluding diaryl/α,β-unsaturated/α-hetero) is 1. The Kier molecular flexibility index (Phi) is 3.85. The summed E-state index contributed by atoms with van der Waals surface area (Å²) < 4.78 is 0.939. The van der Waals surface area contributed by atoms with E-state index in [9.17, 15) is 4.79 Å². The molecule has 0 aliphatic carbocycles. The molecule has 0 amide bonds. The van der Waals surface area contributed by atoms with E-state index in [0.717, 1.165) is 28.6 Å². The van der Waals surface area contributed by atoms with Crippen molar-refractivity contribution in [3.8, 4) is 0 Å². The first-order valence-electron chi connectivity index (χ1n) is 7.25. The Hall–Kier alpha value is -1.61. The largest absolute Gasteiger partial charge is 0.338 e. The number of aryl methyl sites for hydroxylation is 1. The van der Waals surface area contributed by atoms with Gasteiger partial charge in [0.2, 0.25) is 0 Å². The van der Waals surface area contributed by atoms with Crippen LogP contribution in [0.1, 0.15) is 36.2 Å². The molecule has 0 fully saturated rings. The number of hydrogen-bond acceptors (Lipinski definition) is 2. The second-order valence-electron chi connectivity index (χ2n) is 5.60. The standard InChI is InChI=1S/C18H18BrNO/c1-12-7-8-14-5-3-4-6-17(14)20(12)18-10-9-15(19)11-16(18)13(2)21/h3-6,9-12H,7-8H2,1-2H3. The van der Waals surface area contributed by atoms with Crippen molar-refractivity contribution in [1.29, 1.82) is 0 Å². The van der Waals surface area contributed by atoms with Gasteiger partial charge >= 0.3 is 0 Å². The van der Waals surface area contributed by atoms with Crippen molar-refractivity contribution in [3.63, 3.8) is 0 Å². The Balaban J connectivity index is 2.18. The van der Waals surface area contributed by atoms with Gasteiger partial charge < -0.3 is 4.90 Å². The summed E-state index contributed by atoms with van der Waals surface area (Å²) in [6.07, 6.45) is 2.20. The normalized spacial score (nSPS) is 17.5. The van der Waals surface area contributed by atoms with Gasteiger partial charge in [-0.05, 0) is 56.5 Å². The molecule has 0 saturated heterocycles. The average molecular weight is 344 g/mol. The zero-order valence-corrected chi connectivity index (χ0v) is 13.9. The van der Waals surface area contributed by atoms with Gasteiger partial charge in [0.25, 0.3) is 0 Å². The van der Waals surface area contributed by atoms with E-state index in [2.05, 4.69) is 52.0 Å². The Bertz CT molecular complexity index is 695. The molecule has 2 nitrogen and oxygen atoms in total. The molecule has 0 saturated carbocycles. The number of hydrogen-bond donors (Lipinski definition) is 0. The summed E-state index contributed by atoms with van der Waals surface area (Å²) in [5, 5.41) is 0. The third-order valence-corrected chi connectivity index (χ3v) is 4.61. The highest BCUT2D eigenvalue weighted by molar-refractivity contribution is 9.10. The predicted molar refractivity (Wildman–Crippen MR) is 90.5 cm³/mol. The molecule has 21 heavy (non-hydrogen) atoms. The minimum atomic E-state index is 0.0987. The van der Waals surface area contributed by atoms with Crippen molar-refractivity contribution in [1.82, 2.24) is 0 Å². The molecule has 0 N–H and O–H groups in total. The van der Waals surface area contributed by atoms with E-state index in [0.29, 0.717) is 6.04 Å². The van der Waals surface area contributed by atoms with E-state index < -0.39 is 0 Å². The van der Waals surface area contributed by atoms with Gasteiger partial charge in [0, 0.05) is 21.8 Å². The summed E-state index contributed by atoms with van der Waals surface area (Å²) in [6.45, 7) is 3.85. The van der Waals surface area contributed by atoms with Gasteiger partial charge in [0.15, 0.2) is 5.78 Å². The van der Waals surface area contributed by atoms with Crippen LogP contribution in [0, 0.1) is 0 Å². The Morgan fingerprint density at radius 1 is 1.19 bits per heavy atom. The predicted octanol–water partition coefficient (Wildman–Crippen LogP) is 5.12. The number of carbonyl (C=O) groups is 1. The molecule has 0 radical (unpaired) electrons. The minimum Gasteiger partial charge on any atom is -0.338 e. The van der Waals surface area contributed by atoms with Crippen LogP contribution in [0.2, 0.25) is 0 Å². The summed E-state index contributed by atoms with van der Waals surface area (Å²) >= 11 is 3.46. The number of rotatable bonds is 2. The SMILES string of the molecule is CC(=O)c1cc(Br)ccc1N1c2ccccc2CCC1C. The fraction of sp³-hybridized carbons (Fsp3) is 0.278. The van der Waals surface area contributed by atoms with E-state index in [1.807, 2.05) is 18.2 Å². The summed E-state index contributed by atoms with van der Waals surface area (Å²) in [4.78, 5) is 14.3. The zero-order valence-electron chi connectivity index (χ0n) is 12.3. The fourth-order valence-electron chi connectivity index (χ4n) is 3.06. The van der Waals surface area contributed by atoms with Crippen LogP contribution in [0.15, 0.2) is 46.9 Å². The zero-order chi connectivity index (χ0) is 15.0. The highest BCUT2D eigenvalue weighted by Gasteiger charge is 2.26. The van der Waals surface area contributed by atoms with Crippen molar-refractivity contribution in [3.05, 3.63) is 58.1 Å². The lowest BCUT2D eigenvalue weighted by Gasteiger charge is -2.38. The van der Waals surface area contributed by atoms with Gasteiger partial charge in [-0.25, -0.2) is 0 Å². The molecule has 0 bridgehead atoms. The van der Waals surface area contributed by atoms with Crippen LogP contribution >= 0.6 is 15.9 Å². The van der Waals surface area contributed by atoms with Crippen LogP contribution < -0.4 is 4.90 Å². The highest BCUT2D eigenvalue weighted by atomic mass is 79.9. The van der Waals surface area contributed by atoms with Gasteiger partial charge in [-0.2, -0.15) is 0 Å². The van der Waals surface area contributed by atoms with Crippen LogP contribution in [0.5, 0.6) is 0 Å². The van der Waals surface area contributed by atoms with E-state index in [4.69, 9.17) is 0 Å². The van der Waals surface area contributed by atoms with Crippen LogP contribution in [0.3, 0.4) is 0 Å². The van der Waals surface area contributed by atoms with Gasteiger partial charge in [-0.1, -0.05) is 34.1 Å². The average Bonchev–Trinajstić information content (AvgIpc) is 2.47. The van der Waals surface area contributed by atoms with Crippen LogP contribution in [-0.2, 0) is 6.42 Å². The number of benzene rings is 2. The topological polar surface area (TPSA) is 20.3 Å². The number of ketones is 1. The minimum absolute atomic E-state index is 0.0987. The molecule has 0 aromatic heterocycles. The third kappa shape index (κ3) is 2.62. The number of halogens is 1. The molecular formula is C18H18BrNO. The second-order valence-corrected chi connectivity index (χ2v) is 6.52. The third-order valence-electron chi connectivity index (χ3n) is 4.12. The van der Waals surface area contributed by atoms with E-state index >= 15 is 0 Å². The first kappa shape index (κ1) is 14.3. The van der Waals surface area contributed by atoms with Gasteiger partial charge in [0.1, 0.15) is 0 Å². The lowest BCUT2D eigenvalue weighted by Crippen LogP contribution is -2.34. The van der Waals surface area contributed by atoms with Gasteiger partial charge in [-0.3, -0.25) is 4.79 Å². The van der Waals surface area contributed by atoms with Crippen molar-refractivity contribution in [2.45, 2.75) is 32.7 Å².